The molecule has 0 saturated heterocycles. The zero-order valence-corrected chi connectivity index (χ0v) is 22.6. The Morgan fingerprint density at radius 3 is 1.90 bits per heavy atom. The average Bonchev–Trinajstić information content (AvgIpc) is 3.28. The summed E-state index contributed by atoms with van der Waals surface area (Å²) in [4.78, 5) is 50.2. The number of primary amides is 1. The van der Waals surface area contributed by atoms with Crippen LogP contribution in [-0.4, -0.2) is 48.5 Å². The van der Waals surface area contributed by atoms with Crippen LogP contribution in [0.25, 0.3) is 11.1 Å². The first kappa shape index (κ1) is 28.4. The van der Waals surface area contributed by atoms with Gasteiger partial charge in [0.2, 0.25) is 17.7 Å². The summed E-state index contributed by atoms with van der Waals surface area (Å²) in [5.74, 6) is -1.88. The van der Waals surface area contributed by atoms with Crippen molar-refractivity contribution in [3.05, 3.63) is 95.6 Å². The molecular formula is C31H34N4O5. The number of hydrogen-bond acceptors (Lipinski definition) is 5. The number of alkyl carbamates (subject to hydrolysis) is 1. The highest BCUT2D eigenvalue weighted by Gasteiger charge is 2.30. The molecule has 3 aromatic rings. The van der Waals surface area contributed by atoms with Crippen molar-refractivity contribution in [2.75, 3.05) is 6.61 Å². The molecule has 0 saturated carbocycles. The molecule has 208 valence electrons. The number of amides is 4. The summed E-state index contributed by atoms with van der Waals surface area (Å²) >= 11 is 0. The van der Waals surface area contributed by atoms with E-state index in [9.17, 15) is 19.2 Å². The van der Waals surface area contributed by atoms with Crippen LogP contribution in [0.2, 0.25) is 0 Å². The van der Waals surface area contributed by atoms with E-state index in [-0.39, 0.29) is 25.4 Å². The summed E-state index contributed by atoms with van der Waals surface area (Å²) < 4.78 is 5.51. The third-order valence-corrected chi connectivity index (χ3v) is 7.06. The van der Waals surface area contributed by atoms with Gasteiger partial charge >= 0.3 is 6.09 Å². The molecular weight excluding hydrogens is 508 g/mol. The maximum absolute atomic E-state index is 12.9. The van der Waals surface area contributed by atoms with Gasteiger partial charge in [0.15, 0.2) is 0 Å². The lowest BCUT2D eigenvalue weighted by Gasteiger charge is -2.23. The van der Waals surface area contributed by atoms with Crippen molar-refractivity contribution in [2.45, 2.75) is 50.7 Å². The summed E-state index contributed by atoms with van der Waals surface area (Å²) in [6, 6.07) is 22.4. The number of ether oxygens (including phenoxy) is 1. The number of hydrogen-bond donors (Lipinski definition) is 4. The van der Waals surface area contributed by atoms with E-state index in [2.05, 4.69) is 16.0 Å². The fourth-order valence-corrected chi connectivity index (χ4v) is 4.88. The molecule has 1 aliphatic carbocycles. The van der Waals surface area contributed by atoms with Crippen molar-refractivity contribution in [2.24, 2.45) is 5.73 Å². The highest BCUT2D eigenvalue weighted by molar-refractivity contribution is 5.93. The van der Waals surface area contributed by atoms with Crippen LogP contribution in [0.5, 0.6) is 0 Å². The molecule has 0 heterocycles. The first-order valence-corrected chi connectivity index (χ1v) is 13.3. The predicted molar refractivity (Wildman–Crippen MR) is 151 cm³/mol. The van der Waals surface area contributed by atoms with E-state index in [1.807, 2.05) is 78.9 Å². The molecule has 3 atom stereocenters. The van der Waals surface area contributed by atoms with Gasteiger partial charge in [-0.25, -0.2) is 4.79 Å². The lowest BCUT2D eigenvalue weighted by Crippen LogP contribution is -2.56. The standard InChI is InChI=1S/C31H34N4O5/c1-3-26(30(38)35-27(28(32)36)17-20-11-5-4-6-12-20)34-29(37)19(2)33-31(39)40-18-25-23-15-9-7-13-21(23)22-14-8-10-16-24(22)25/h4-16,19,25-27H,3,17-18H2,1-2H3,(H2,32,36)(H,33,39)(H,34,37)(H,35,38)/t19-,26?,27-/m0/s1. The predicted octanol–water partition coefficient (Wildman–Crippen LogP) is 3.02. The Balaban J connectivity index is 1.29. The number of benzene rings is 3. The third kappa shape index (κ3) is 6.66. The van der Waals surface area contributed by atoms with Crippen molar-refractivity contribution >= 4 is 23.8 Å². The lowest BCUT2D eigenvalue weighted by atomic mass is 9.98. The number of nitrogens with two attached hydrogens (primary N) is 1. The van der Waals surface area contributed by atoms with Crippen LogP contribution in [0.1, 0.15) is 42.9 Å². The maximum atomic E-state index is 12.9. The normalized spacial score (nSPS) is 14.2. The van der Waals surface area contributed by atoms with Crippen LogP contribution < -0.4 is 21.7 Å². The molecule has 4 amide bonds. The van der Waals surface area contributed by atoms with Gasteiger partial charge in [-0.1, -0.05) is 85.8 Å². The summed E-state index contributed by atoms with van der Waals surface area (Å²) in [6.07, 6.45) is -0.239. The van der Waals surface area contributed by atoms with Gasteiger partial charge in [0, 0.05) is 12.3 Å². The molecule has 40 heavy (non-hydrogen) atoms. The van der Waals surface area contributed by atoms with Gasteiger partial charge in [-0.05, 0) is 41.2 Å². The molecule has 1 aliphatic rings. The van der Waals surface area contributed by atoms with Crippen LogP contribution >= 0.6 is 0 Å². The Labute approximate surface area is 233 Å². The van der Waals surface area contributed by atoms with E-state index in [4.69, 9.17) is 10.5 Å². The minimum atomic E-state index is -0.964. The van der Waals surface area contributed by atoms with E-state index in [0.717, 1.165) is 27.8 Å². The van der Waals surface area contributed by atoms with Crippen LogP contribution in [0.3, 0.4) is 0 Å². The van der Waals surface area contributed by atoms with Crippen molar-refractivity contribution in [3.63, 3.8) is 0 Å². The maximum Gasteiger partial charge on any atom is 0.407 e. The first-order chi connectivity index (χ1) is 19.3. The van der Waals surface area contributed by atoms with E-state index < -0.39 is 41.9 Å². The minimum absolute atomic E-state index is 0.107. The number of fused-ring (bicyclic) bond motifs is 3. The van der Waals surface area contributed by atoms with Crippen molar-refractivity contribution in [3.8, 4) is 11.1 Å². The molecule has 0 fully saturated rings. The second-order valence-electron chi connectivity index (χ2n) is 9.81. The Kier molecular flexibility index (Phi) is 9.16. The molecule has 5 N–H and O–H groups in total. The zero-order valence-electron chi connectivity index (χ0n) is 22.6. The average molecular weight is 543 g/mol. The Hall–Kier alpha value is -4.66. The Bertz CT molecular complexity index is 1330. The SMILES string of the molecule is CCC(NC(=O)[C@H](C)NC(=O)OCC1c2ccccc2-c2ccccc21)C(=O)N[C@@H](Cc1ccccc1)C(N)=O. The first-order valence-electron chi connectivity index (χ1n) is 13.3. The van der Waals surface area contributed by atoms with Gasteiger partial charge in [-0.15, -0.1) is 0 Å². The van der Waals surface area contributed by atoms with Gasteiger partial charge in [0.05, 0.1) is 0 Å². The van der Waals surface area contributed by atoms with Gasteiger partial charge in [-0.3, -0.25) is 14.4 Å². The highest BCUT2D eigenvalue weighted by Crippen LogP contribution is 2.44. The van der Waals surface area contributed by atoms with Crippen LogP contribution in [0, 0.1) is 0 Å². The highest BCUT2D eigenvalue weighted by atomic mass is 16.5. The van der Waals surface area contributed by atoms with Crippen molar-refractivity contribution < 1.29 is 23.9 Å². The number of nitrogens with one attached hydrogen (secondary N) is 3. The number of carbonyl (C=O) groups excluding carboxylic acids is 4. The zero-order chi connectivity index (χ0) is 28.6. The molecule has 0 aromatic heterocycles. The molecule has 4 rings (SSSR count). The van der Waals surface area contributed by atoms with E-state index in [1.54, 1.807) is 6.92 Å². The lowest BCUT2D eigenvalue weighted by molar-refractivity contribution is -0.131. The smallest absolute Gasteiger partial charge is 0.407 e. The second kappa shape index (κ2) is 12.9. The Morgan fingerprint density at radius 2 is 1.32 bits per heavy atom. The molecule has 3 aromatic carbocycles. The van der Waals surface area contributed by atoms with Crippen molar-refractivity contribution in [1.29, 1.82) is 0 Å². The fourth-order valence-electron chi connectivity index (χ4n) is 4.88. The van der Waals surface area contributed by atoms with Gasteiger partial charge in [-0.2, -0.15) is 0 Å². The fraction of sp³-hybridized carbons (Fsp3) is 0.290. The van der Waals surface area contributed by atoms with Gasteiger partial charge in [0.1, 0.15) is 24.7 Å². The molecule has 9 heteroatoms. The molecule has 0 aliphatic heterocycles. The third-order valence-electron chi connectivity index (χ3n) is 7.06. The van der Waals surface area contributed by atoms with Crippen LogP contribution in [0.15, 0.2) is 78.9 Å². The van der Waals surface area contributed by atoms with E-state index >= 15 is 0 Å². The van der Waals surface area contributed by atoms with E-state index in [1.165, 1.54) is 6.92 Å². The van der Waals surface area contributed by atoms with Crippen molar-refractivity contribution in [1.82, 2.24) is 16.0 Å². The molecule has 1 unspecified atom stereocenters. The largest absolute Gasteiger partial charge is 0.449 e. The monoisotopic (exact) mass is 542 g/mol. The minimum Gasteiger partial charge on any atom is -0.449 e. The second-order valence-corrected chi connectivity index (χ2v) is 9.81. The molecule has 9 nitrogen and oxygen atoms in total. The van der Waals surface area contributed by atoms with Gasteiger partial charge < -0.3 is 26.4 Å². The van der Waals surface area contributed by atoms with Gasteiger partial charge in [0.25, 0.3) is 0 Å². The number of carbonyl (C=O) groups is 4. The van der Waals surface area contributed by atoms with Crippen LogP contribution in [0.4, 0.5) is 4.79 Å². The quantitative estimate of drug-likeness (QED) is 0.295. The topological polar surface area (TPSA) is 140 Å². The Morgan fingerprint density at radius 1 is 0.775 bits per heavy atom. The molecule has 0 bridgehead atoms. The molecule has 0 spiro atoms. The summed E-state index contributed by atoms with van der Waals surface area (Å²) in [5.41, 5.74) is 10.7. The van der Waals surface area contributed by atoms with Crippen LogP contribution in [-0.2, 0) is 25.5 Å². The summed E-state index contributed by atoms with van der Waals surface area (Å²) in [5, 5.41) is 7.79. The summed E-state index contributed by atoms with van der Waals surface area (Å²) in [7, 11) is 0. The summed E-state index contributed by atoms with van der Waals surface area (Å²) in [6.45, 7) is 3.34. The van der Waals surface area contributed by atoms with E-state index in [0.29, 0.717) is 0 Å². The molecule has 0 radical (unpaired) electrons. The number of rotatable bonds is 11.